The third-order valence-corrected chi connectivity index (χ3v) is 10.7. The van der Waals surface area contributed by atoms with E-state index >= 15 is 0 Å². The molecule has 0 atom stereocenters. The third kappa shape index (κ3) is 13.4. The summed E-state index contributed by atoms with van der Waals surface area (Å²) in [5.74, 6) is 1.33. The van der Waals surface area contributed by atoms with Gasteiger partial charge in [-0.05, 0) is 87.4 Å². The maximum Gasteiger partial charge on any atom is 1.00 e. The van der Waals surface area contributed by atoms with Gasteiger partial charge >= 0.3 is 59.1 Å². The molecule has 0 radical (unpaired) electrons. The van der Waals surface area contributed by atoms with Crippen molar-refractivity contribution in [1.29, 1.82) is 0 Å². The van der Waals surface area contributed by atoms with Crippen LogP contribution in [0, 0.1) is 0 Å². The number of hydrogen-bond acceptors (Lipinski definition) is 18. The van der Waals surface area contributed by atoms with Gasteiger partial charge in [0.2, 0.25) is 35.7 Å². The molecule has 2 heterocycles. The van der Waals surface area contributed by atoms with Crippen LogP contribution in [0.2, 0.25) is 0 Å². The largest absolute Gasteiger partial charge is 1.00 e. The Morgan fingerprint density at radius 3 is 1.06 bits per heavy atom. The summed E-state index contributed by atoms with van der Waals surface area (Å²) in [6, 6.07) is 26.5. The van der Waals surface area contributed by atoms with E-state index in [1.807, 2.05) is 98.2 Å². The Bertz CT molecular complexity index is 2510. The van der Waals surface area contributed by atoms with Crippen molar-refractivity contribution >= 4 is 90.8 Å². The SMILES string of the molecule is CCN(CC)c1nc(Nc2ccccc2)nc(Nc2ccc(C=Cc3ccc(Nc4nc(Nc5ccccc5)nc(N(CC)CC)n4)cc3S(=O)(=O)[O-])c(S(=O)(=O)[O-])c2)n1.[Na+].[Na+]. The summed E-state index contributed by atoms with van der Waals surface area (Å²) in [5, 5.41) is 12.2. The quantitative estimate of drug-likeness (QED) is 0.0527. The van der Waals surface area contributed by atoms with E-state index in [1.54, 1.807) is 0 Å². The summed E-state index contributed by atoms with van der Waals surface area (Å²) in [6.07, 6.45) is 2.47. The van der Waals surface area contributed by atoms with E-state index < -0.39 is 30.0 Å². The van der Waals surface area contributed by atoms with Crippen molar-refractivity contribution in [2.24, 2.45) is 0 Å². The summed E-state index contributed by atoms with van der Waals surface area (Å²) < 4.78 is 75.4. The van der Waals surface area contributed by atoms with Gasteiger partial charge in [0.25, 0.3) is 0 Å². The molecule has 0 spiro atoms. The van der Waals surface area contributed by atoms with Gasteiger partial charge < -0.3 is 40.2 Å². The monoisotopic (exact) mass is 896 g/mol. The van der Waals surface area contributed by atoms with Crippen LogP contribution in [0.3, 0.4) is 0 Å². The van der Waals surface area contributed by atoms with Crippen molar-refractivity contribution < 1.29 is 85.1 Å². The predicted octanol–water partition coefficient (Wildman–Crippen LogP) is 0.710. The first-order valence-corrected chi connectivity index (χ1v) is 21.7. The van der Waals surface area contributed by atoms with Crippen molar-refractivity contribution in [2.75, 3.05) is 57.2 Å². The minimum atomic E-state index is -5.08. The van der Waals surface area contributed by atoms with Crippen LogP contribution in [0.15, 0.2) is 107 Å². The first kappa shape index (κ1) is 49.9. The van der Waals surface area contributed by atoms with E-state index in [0.717, 1.165) is 23.5 Å². The van der Waals surface area contributed by atoms with E-state index in [-0.39, 0.29) is 105 Å². The zero-order valence-corrected chi connectivity index (χ0v) is 40.7. The molecule has 2 aromatic heterocycles. The molecule has 0 amide bonds. The zero-order chi connectivity index (χ0) is 42.9. The third-order valence-electron chi connectivity index (χ3n) is 8.92. The van der Waals surface area contributed by atoms with Crippen LogP contribution in [0.4, 0.5) is 58.4 Å². The van der Waals surface area contributed by atoms with Crippen LogP contribution >= 0.6 is 0 Å². The summed E-state index contributed by atoms with van der Waals surface area (Å²) in [6.45, 7) is 10.2. The first-order chi connectivity index (χ1) is 28.8. The summed E-state index contributed by atoms with van der Waals surface area (Å²) >= 11 is 0. The molecular formula is C40H42N12Na2O6S2. The van der Waals surface area contributed by atoms with Crippen molar-refractivity contribution in [2.45, 2.75) is 37.5 Å². The molecule has 0 fully saturated rings. The van der Waals surface area contributed by atoms with E-state index in [1.165, 1.54) is 36.4 Å². The maximum atomic E-state index is 12.6. The minimum absolute atomic E-state index is 0. The molecule has 0 aliphatic heterocycles. The number of nitrogens with zero attached hydrogens (tertiary/aromatic N) is 8. The smallest absolute Gasteiger partial charge is 0.744 e. The molecule has 4 N–H and O–H groups in total. The van der Waals surface area contributed by atoms with Crippen molar-refractivity contribution in [3.63, 3.8) is 0 Å². The standard InChI is InChI=1S/C40H44N12O6S2.2Na/c1-5-51(6-2)39-47-35(41-29-15-11-9-12-16-29)45-37(49-39)43-31-23-21-27(33(25-31)59(53,54)55)19-20-28-22-24-32(26-34(28)60(56,57)58)44-38-46-36(42-30-17-13-10-14-18-30)48-40(50-38)52(7-3)8-4;;/h9-26H,5-8H2,1-4H3,(H,53,54,55)(H,56,57,58)(H2,41,43,45,47,49)(H2,42,44,46,48,50);;/q;2*+1/p-2. The van der Waals surface area contributed by atoms with Gasteiger partial charge in [0.1, 0.15) is 20.2 Å². The van der Waals surface area contributed by atoms with Gasteiger partial charge in [-0.2, -0.15) is 29.9 Å². The van der Waals surface area contributed by atoms with Crippen LogP contribution in [-0.2, 0) is 20.2 Å². The summed E-state index contributed by atoms with van der Waals surface area (Å²) in [4.78, 5) is 29.6. The van der Waals surface area contributed by atoms with E-state index in [2.05, 4.69) is 51.2 Å². The summed E-state index contributed by atoms with van der Waals surface area (Å²) in [7, 11) is -10.2. The number of aromatic nitrogens is 6. The maximum absolute atomic E-state index is 12.6. The molecule has 22 heteroatoms. The molecular weight excluding hydrogens is 855 g/mol. The number of nitrogens with one attached hydrogen (secondary N) is 4. The first-order valence-electron chi connectivity index (χ1n) is 18.8. The Labute approximate surface area is 405 Å². The molecule has 6 aromatic rings. The fourth-order valence-electron chi connectivity index (χ4n) is 5.92. The molecule has 0 aliphatic rings. The molecule has 0 saturated heterocycles. The molecule has 6 rings (SSSR count). The predicted molar refractivity (Wildman–Crippen MR) is 231 cm³/mol. The summed E-state index contributed by atoms with van der Waals surface area (Å²) in [5.41, 5.74) is 1.68. The van der Waals surface area contributed by atoms with E-state index in [4.69, 9.17) is 0 Å². The molecule has 18 nitrogen and oxygen atoms in total. The number of anilines is 10. The molecule has 0 bridgehead atoms. The van der Waals surface area contributed by atoms with Gasteiger partial charge in [-0.15, -0.1) is 0 Å². The average molecular weight is 897 g/mol. The number of hydrogen-bond donors (Lipinski definition) is 4. The van der Waals surface area contributed by atoms with E-state index in [9.17, 15) is 25.9 Å². The Hall–Kier alpha value is -4.74. The Morgan fingerprint density at radius 1 is 0.468 bits per heavy atom. The molecule has 4 aromatic carbocycles. The average Bonchev–Trinajstić information content (AvgIpc) is 3.21. The van der Waals surface area contributed by atoms with Gasteiger partial charge in [0.05, 0.1) is 9.79 Å². The van der Waals surface area contributed by atoms with Crippen LogP contribution in [0.5, 0.6) is 0 Å². The van der Waals surface area contributed by atoms with Crippen molar-refractivity contribution in [1.82, 2.24) is 29.9 Å². The van der Waals surface area contributed by atoms with Gasteiger partial charge in [-0.25, -0.2) is 16.8 Å². The number of para-hydroxylation sites is 2. The van der Waals surface area contributed by atoms with Crippen LogP contribution in [0.25, 0.3) is 12.2 Å². The molecule has 0 unspecified atom stereocenters. The number of rotatable bonds is 18. The zero-order valence-electron chi connectivity index (χ0n) is 35.1. The molecule has 62 heavy (non-hydrogen) atoms. The Kier molecular flexibility index (Phi) is 18.2. The van der Waals surface area contributed by atoms with Gasteiger partial charge in [0.15, 0.2) is 0 Å². The van der Waals surface area contributed by atoms with Gasteiger partial charge in [0, 0.05) is 48.9 Å². The van der Waals surface area contributed by atoms with E-state index in [0.29, 0.717) is 38.1 Å². The van der Waals surface area contributed by atoms with Crippen LogP contribution in [-0.4, -0.2) is 82.0 Å². The van der Waals surface area contributed by atoms with Crippen molar-refractivity contribution in [3.05, 3.63) is 108 Å². The Morgan fingerprint density at radius 2 is 0.774 bits per heavy atom. The number of benzene rings is 4. The topological polar surface area (TPSA) is 246 Å². The second-order valence-corrected chi connectivity index (χ2v) is 15.6. The molecule has 0 aliphatic carbocycles. The normalized spacial score (nSPS) is 11.3. The second-order valence-electron chi connectivity index (χ2n) is 12.9. The van der Waals surface area contributed by atoms with Crippen molar-refractivity contribution in [3.8, 4) is 0 Å². The van der Waals surface area contributed by atoms with Gasteiger partial charge in [-0.1, -0.05) is 60.7 Å². The minimum Gasteiger partial charge on any atom is -0.744 e. The van der Waals surface area contributed by atoms with Crippen LogP contribution < -0.4 is 90.2 Å². The molecule has 312 valence electrons. The Balaban J connectivity index is 0.00000422. The van der Waals surface area contributed by atoms with Crippen LogP contribution in [0.1, 0.15) is 38.8 Å². The fourth-order valence-corrected chi connectivity index (χ4v) is 7.31. The fraction of sp³-hybridized carbons (Fsp3) is 0.200. The molecule has 0 saturated carbocycles. The second kappa shape index (κ2) is 22.6. The van der Waals surface area contributed by atoms with Gasteiger partial charge in [-0.3, -0.25) is 0 Å².